The Balaban J connectivity index is 1.09. The largest absolute Gasteiger partial charge is 0.488 e. The Kier molecular flexibility index (Phi) is 10.9. The number of aromatic nitrogens is 2. The van der Waals surface area contributed by atoms with Gasteiger partial charge in [-0.3, -0.25) is 14.8 Å². The molecule has 3 atom stereocenters. The molecule has 314 valence electrons. The van der Waals surface area contributed by atoms with Gasteiger partial charge in [-0.15, -0.1) is 0 Å². The Bertz CT molecular complexity index is 2220. The van der Waals surface area contributed by atoms with Crippen LogP contribution in [0.25, 0.3) is 22.4 Å². The molecule has 11 heteroatoms. The summed E-state index contributed by atoms with van der Waals surface area (Å²) >= 11 is 0. The van der Waals surface area contributed by atoms with Gasteiger partial charge in [0.25, 0.3) is 0 Å². The number of imidazole rings is 1. The van der Waals surface area contributed by atoms with Crippen LogP contribution in [0.2, 0.25) is 0 Å². The second kappa shape index (κ2) is 15.8. The highest BCUT2D eigenvalue weighted by molar-refractivity contribution is 6.04. The van der Waals surface area contributed by atoms with Crippen LogP contribution < -0.4 is 9.47 Å². The lowest BCUT2D eigenvalue weighted by molar-refractivity contribution is 0.0217. The van der Waals surface area contributed by atoms with Gasteiger partial charge in [0.15, 0.2) is 0 Å². The van der Waals surface area contributed by atoms with E-state index in [0.717, 1.165) is 114 Å². The summed E-state index contributed by atoms with van der Waals surface area (Å²) in [7, 11) is 0. The molecule has 5 aliphatic rings. The second-order valence-corrected chi connectivity index (χ2v) is 18.8. The molecule has 3 fully saturated rings. The Labute approximate surface area is 349 Å². The van der Waals surface area contributed by atoms with Gasteiger partial charge < -0.3 is 23.9 Å². The summed E-state index contributed by atoms with van der Waals surface area (Å²) in [6.07, 6.45) is 8.51. The summed E-state index contributed by atoms with van der Waals surface area (Å²) < 4.78 is 25.1. The number of allylic oxidation sites excluding steroid dienone is 2. The van der Waals surface area contributed by atoms with E-state index in [1.165, 1.54) is 11.1 Å². The number of aliphatic imine (C=N–C) groups is 1. The minimum absolute atomic E-state index is 0.0677. The number of nitrogens with one attached hydrogen (secondary N) is 1. The molecule has 2 saturated heterocycles. The molecule has 59 heavy (non-hydrogen) atoms. The normalized spacial score (nSPS) is 21.9. The summed E-state index contributed by atoms with van der Waals surface area (Å²) in [5.41, 5.74) is 9.21. The minimum atomic E-state index is -0.570. The molecule has 2 aromatic carbocycles. The third-order valence-electron chi connectivity index (χ3n) is 12.0. The number of carbonyl (C=O) groups excluding carboxylic acids is 2. The van der Waals surface area contributed by atoms with Crippen molar-refractivity contribution in [3.63, 3.8) is 0 Å². The van der Waals surface area contributed by atoms with Crippen molar-refractivity contribution in [2.45, 2.75) is 137 Å². The fourth-order valence-corrected chi connectivity index (χ4v) is 8.79. The van der Waals surface area contributed by atoms with Crippen LogP contribution in [0.3, 0.4) is 0 Å². The van der Waals surface area contributed by atoms with Gasteiger partial charge in [0.05, 0.1) is 23.6 Å². The quantitative estimate of drug-likeness (QED) is 0.225. The van der Waals surface area contributed by atoms with Crippen molar-refractivity contribution in [3.05, 3.63) is 76.5 Å². The number of nitrogens with zero attached hydrogens (tertiary/aromatic N) is 4. The van der Waals surface area contributed by atoms with E-state index in [1.54, 1.807) is 4.90 Å². The van der Waals surface area contributed by atoms with E-state index >= 15 is 0 Å². The molecular formula is C48H61N5O6. The standard InChI is InChI=1S/C48H61N5O6/c1-10-28(3)42(37-14-12-22-52(37)45(54)58-47(4,5)6)50-35(11-2)30-18-20-32-34-27-56-39-24-31(19-21-33(39)41(34)43(29-16-17-29)57-40(32)25-30)36-26-49-44(51-36)38-15-13-23-53(38)46(55)59-48(7,8)9/h18-21,24-26,28-29,38,43H,10-17,22-23,27H2,1-9H3,(H,49,51)/b42-37-,50-35?. The zero-order valence-electron chi connectivity index (χ0n) is 36.4. The number of benzene rings is 2. The van der Waals surface area contributed by atoms with E-state index in [9.17, 15) is 9.59 Å². The first kappa shape index (κ1) is 40.7. The Morgan fingerprint density at radius 2 is 1.68 bits per heavy atom. The van der Waals surface area contributed by atoms with E-state index in [4.69, 9.17) is 28.9 Å². The van der Waals surface area contributed by atoms with Gasteiger partial charge in [-0.1, -0.05) is 45.0 Å². The number of hydrogen-bond acceptors (Lipinski definition) is 8. The number of amides is 2. The maximum Gasteiger partial charge on any atom is 0.414 e. The van der Waals surface area contributed by atoms with Crippen LogP contribution in [0.5, 0.6) is 11.5 Å². The van der Waals surface area contributed by atoms with Crippen LogP contribution in [0.15, 0.2) is 59.0 Å². The molecule has 3 aromatic rings. The average Bonchev–Trinajstić information content (AvgIpc) is 3.52. The topological polar surface area (TPSA) is 119 Å². The Hall–Kier alpha value is -5.06. The van der Waals surface area contributed by atoms with Gasteiger partial charge in [-0.25, -0.2) is 14.6 Å². The van der Waals surface area contributed by atoms with Crippen molar-refractivity contribution in [2.75, 3.05) is 19.7 Å². The van der Waals surface area contributed by atoms with Gasteiger partial charge in [-0.05, 0) is 117 Å². The second-order valence-electron chi connectivity index (χ2n) is 18.8. The van der Waals surface area contributed by atoms with E-state index in [2.05, 4.69) is 62.2 Å². The Morgan fingerprint density at radius 3 is 2.39 bits per heavy atom. The zero-order chi connectivity index (χ0) is 41.8. The summed E-state index contributed by atoms with van der Waals surface area (Å²) in [5, 5.41) is 0. The van der Waals surface area contributed by atoms with Crippen molar-refractivity contribution in [3.8, 4) is 22.8 Å². The number of carbonyl (C=O) groups is 2. The van der Waals surface area contributed by atoms with Gasteiger partial charge in [0, 0.05) is 58.3 Å². The first-order valence-corrected chi connectivity index (χ1v) is 21.8. The predicted molar refractivity (Wildman–Crippen MR) is 230 cm³/mol. The lowest BCUT2D eigenvalue weighted by atomic mass is 9.84. The molecule has 11 nitrogen and oxygen atoms in total. The third-order valence-corrected chi connectivity index (χ3v) is 12.0. The first-order valence-electron chi connectivity index (χ1n) is 21.8. The smallest absolute Gasteiger partial charge is 0.414 e. The van der Waals surface area contributed by atoms with Gasteiger partial charge in [-0.2, -0.15) is 0 Å². The number of likely N-dealkylation sites (tertiary alicyclic amines) is 2. The molecule has 0 radical (unpaired) electrons. The maximum absolute atomic E-state index is 13.3. The molecule has 1 N–H and O–H groups in total. The number of fused-ring (bicyclic) bond motifs is 4. The predicted octanol–water partition coefficient (Wildman–Crippen LogP) is 11.1. The number of hydrogen-bond donors (Lipinski definition) is 1. The molecule has 1 saturated carbocycles. The van der Waals surface area contributed by atoms with Crippen LogP contribution in [0, 0.1) is 11.8 Å². The Morgan fingerprint density at radius 1 is 0.932 bits per heavy atom. The lowest BCUT2D eigenvalue weighted by Gasteiger charge is -2.35. The molecule has 0 bridgehead atoms. The van der Waals surface area contributed by atoms with Crippen molar-refractivity contribution in [2.24, 2.45) is 16.8 Å². The summed E-state index contributed by atoms with van der Waals surface area (Å²) in [6.45, 7) is 19.6. The summed E-state index contributed by atoms with van der Waals surface area (Å²) in [6, 6.07) is 12.7. The fourth-order valence-electron chi connectivity index (χ4n) is 8.79. The van der Waals surface area contributed by atoms with Crippen LogP contribution in [-0.2, 0) is 9.47 Å². The lowest BCUT2D eigenvalue weighted by Crippen LogP contribution is -2.36. The summed E-state index contributed by atoms with van der Waals surface area (Å²) in [5.74, 6) is 3.09. The zero-order valence-corrected chi connectivity index (χ0v) is 36.4. The third kappa shape index (κ3) is 8.39. The number of rotatable bonds is 8. The molecule has 4 aliphatic heterocycles. The van der Waals surface area contributed by atoms with Crippen molar-refractivity contribution < 1.29 is 28.5 Å². The molecule has 1 aliphatic carbocycles. The molecule has 5 heterocycles. The molecular weight excluding hydrogens is 743 g/mol. The van der Waals surface area contributed by atoms with E-state index < -0.39 is 11.2 Å². The molecule has 0 spiro atoms. The highest BCUT2D eigenvalue weighted by Gasteiger charge is 2.43. The van der Waals surface area contributed by atoms with Crippen LogP contribution in [0.1, 0.15) is 142 Å². The van der Waals surface area contributed by atoms with Gasteiger partial charge >= 0.3 is 12.2 Å². The van der Waals surface area contributed by atoms with E-state index in [1.807, 2.05) is 52.6 Å². The van der Waals surface area contributed by atoms with Crippen LogP contribution in [0.4, 0.5) is 9.59 Å². The van der Waals surface area contributed by atoms with E-state index in [-0.39, 0.29) is 30.3 Å². The number of aromatic amines is 1. The maximum atomic E-state index is 13.3. The van der Waals surface area contributed by atoms with Crippen LogP contribution >= 0.6 is 0 Å². The monoisotopic (exact) mass is 803 g/mol. The van der Waals surface area contributed by atoms with Crippen molar-refractivity contribution in [1.82, 2.24) is 19.8 Å². The van der Waals surface area contributed by atoms with E-state index in [0.29, 0.717) is 25.6 Å². The number of H-pyrrole nitrogens is 1. The highest BCUT2D eigenvalue weighted by Crippen LogP contribution is 2.52. The number of ether oxygens (including phenoxy) is 4. The van der Waals surface area contributed by atoms with Crippen molar-refractivity contribution >= 4 is 29.0 Å². The van der Waals surface area contributed by atoms with Gasteiger partial charge in [0.2, 0.25) is 0 Å². The van der Waals surface area contributed by atoms with Gasteiger partial charge in [0.1, 0.15) is 41.2 Å². The fraction of sp³-hybridized carbons (Fsp3) is 0.542. The van der Waals surface area contributed by atoms with Crippen molar-refractivity contribution in [1.29, 1.82) is 0 Å². The minimum Gasteiger partial charge on any atom is -0.488 e. The van der Waals surface area contributed by atoms with Crippen LogP contribution in [-0.4, -0.2) is 74.7 Å². The molecule has 2 amide bonds. The highest BCUT2D eigenvalue weighted by atomic mass is 16.6. The first-order chi connectivity index (χ1) is 28.1. The average molecular weight is 804 g/mol. The SMILES string of the molecule is CCC(=N/C(=C1/CCCN1C(=O)OC(C)(C)C)C(C)CC)c1ccc2c(c1)OC(C1CC1)C1=C2COc2cc(-c3cnc(C4CCCN4C(=O)OC(C)(C)C)[nH]3)ccc21. The molecule has 8 rings (SSSR count). The molecule has 3 unspecified atom stereocenters. The summed E-state index contributed by atoms with van der Waals surface area (Å²) in [4.78, 5) is 43.5. The molecule has 1 aromatic heterocycles.